The molecule has 0 aliphatic carbocycles. The van der Waals surface area contributed by atoms with Gasteiger partial charge in [0, 0.05) is 17.0 Å². The summed E-state index contributed by atoms with van der Waals surface area (Å²) in [5, 5.41) is 9.98. The van der Waals surface area contributed by atoms with Gasteiger partial charge in [-0.2, -0.15) is 0 Å². The molecule has 0 atom stereocenters. The first-order valence-electron chi connectivity index (χ1n) is 9.38. The quantitative estimate of drug-likeness (QED) is 0.386. The SMILES string of the molecule is Cc1ccc(CSc2nnc(-c3cccc(C)c3)n2-c2ccc(C)cc2)cc1. The second-order valence-electron chi connectivity index (χ2n) is 7.12. The van der Waals surface area contributed by atoms with Crippen LogP contribution in [0.15, 0.2) is 78.0 Å². The Kier molecular flexibility index (Phi) is 5.31. The number of hydrogen-bond acceptors (Lipinski definition) is 3. The summed E-state index contributed by atoms with van der Waals surface area (Å²) in [4.78, 5) is 0. The largest absolute Gasteiger partial charge is 0.270 e. The highest BCUT2D eigenvalue weighted by Crippen LogP contribution is 2.30. The Labute approximate surface area is 170 Å². The van der Waals surface area contributed by atoms with Crippen molar-refractivity contribution in [3.8, 4) is 17.1 Å². The second-order valence-corrected chi connectivity index (χ2v) is 8.06. The van der Waals surface area contributed by atoms with E-state index in [9.17, 15) is 0 Å². The number of aryl methyl sites for hydroxylation is 3. The van der Waals surface area contributed by atoms with Crippen molar-refractivity contribution in [3.05, 3.63) is 95.1 Å². The molecule has 0 N–H and O–H groups in total. The van der Waals surface area contributed by atoms with Crippen molar-refractivity contribution in [3.63, 3.8) is 0 Å². The minimum absolute atomic E-state index is 0.859. The molecule has 28 heavy (non-hydrogen) atoms. The van der Waals surface area contributed by atoms with Crippen molar-refractivity contribution in [2.24, 2.45) is 0 Å². The maximum absolute atomic E-state index is 4.54. The Morgan fingerprint density at radius 1 is 0.750 bits per heavy atom. The van der Waals surface area contributed by atoms with Crippen LogP contribution in [0.4, 0.5) is 0 Å². The molecule has 140 valence electrons. The Balaban J connectivity index is 1.73. The lowest BCUT2D eigenvalue weighted by Gasteiger charge is -2.11. The molecule has 0 saturated carbocycles. The van der Waals surface area contributed by atoms with E-state index in [1.165, 1.54) is 22.3 Å². The zero-order chi connectivity index (χ0) is 19.5. The normalized spacial score (nSPS) is 11.0. The van der Waals surface area contributed by atoms with Gasteiger partial charge in [0.2, 0.25) is 0 Å². The van der Waals surface area contributed by atoms with Crippen LogP contribution in [0.3, 0.4) is 0 Å². The molecule has 4 heteroatoms. The second kappa shape index (κ2) is 8.03. The Bertz CT molecular complexity index is 1080. The molecule has 0 unspecified atom stereocenters. The van der Waals surface area contributed by atoms with Gasteiger partial charge >= 0.3 is 0 Å². The van der Waals surface area contributed by atoms with E-state index in [-0.39, 0.29) is 0 Å². The third-order valence-electron chi connectivity index (χ3n) is 4.69. The predicted octanol–water partition coefficient (Wildman–Crippen LogP) is 6.15. The molecule has 0 radical (unpaired) electrons. The molecule has 4 rings (SSSR count). The van der Waals surface area contributed by atoms with Crippen LogP contribution < -0.4 is 0 Å². The van der Waals surface area contributed by atoms with Gasteiger partial charge in [0.05, 0.1) is 0 Å². The molecule has 1 heterocycles. The minimum atomic E-state index is 0.859. The van der Waals surface area contributed by atoms with E-state index in [1.54, 1.807) is 11.8 Å². The maximum Gasteiger partial charge on any atom is 0.196 e. The van der Waals surface area contributed by atoms with Crippen molar-refractivity contribution >= 4 is 11.8 Å². The molecule has 4 aromatic rings. The summed E-state index contributed by atoms with van der Waals surface area (Å²) in [6.45, 7) is 6.31. The van der Waals surface area contributed by atoms with Gasteiger partial charge in [0.15, 0.2) is 11.0 Å². The van der Waals surface area contributed by atoms with Crippen molar-refractivity contribution < 1.29 is 0 Å². The lowest BCUT2D eigenvalue weighted by molar-refractivity contribution is 0.885. The number of rotatable bonds is 5. The first-order valence-corrected chi connectivity index (χ1v) is 10.4. The Morgan fingerprint density at radius 2 is 1.43 bits per heavy atom. The van der Waals surface area contributed by atoms with E-state index in [2.05, 4.69) is 108 Å². The van der Waals surface area contributed by atoms with Crippen molar-refractivity contribution in [2.75, 3.05) is 0 Å². The van der Waals surface area contributed by atoms with Crippen molar-refractivity contribution in [1.29, 1.82) is 0 Å². The predicted molar refractivity (Wildman–Crippen MR) is 117 cm³/mol. The molecule has 0 aliphatic rings. The van der Waals surface area contributed by atoms with Crippen LogP contribution in [-0.4, -0.2) is 14.8 Å². The third-order valence-corrected chi connectivity index (χ3v) is 5.69. The molecular formula is C24H23N3S. The molecule has 0 amide bonds. The molecule has 0 spiro atoms. The number of aromatic nitrogens is 3. The molecular weight excluding hydrogens is 362 g/mol. The van der Waals surface area contributed by atoms with Crippen LogP contribution in [0.1, 0.15) is 22.3 Å². The highest BCUT2D eigenvalue weighted by atomic mass is 32.2. The molecule has 3 nitrogen and oxygen atoms in total. The van der Waals surface area contributed by atoms with Crippen LogP contribution in [0.2, 0.25) is 0 Å². The molecule has 0 bridgehead atoms. The van der Waals surface area contributed by atoms with Gasteiger partial charge in [-0.05, 0) is 44.5 Å². The van der Waals surface area contributed by atoms with Crippen LogP contribution >= 0.6 is 11.8 Å². The maximum atomic E-state index is 4.54. The summed E-state index contributed by atoms with van der Waals surface area (Å²) in [5.41, 5.74) is 7.17. The van der Waals surface area contributed by atoms with Crippen LogP contribution in [-0.2, 0) is 5.75 Å². The lowest BCUT2D eigenvalue weighted by atomic mass is 10.1. The number of hydrogen-bond donors (Lipinski definition) is 0. The average Bonchev–Trinajstić information content (AvgIpc) is 3.12. The summed E-state index contributed by atoms with van der Waals surface area (Å²) in [6, 6.07) is 25.6. The number of benzene rings is 3. The summed E-state index contributed by atoms with van der Waals surface area (Å²) < 4.78 is 2.16. The van der Waals surface area contributed by atoms with E-state index in [0.29, 0.717) is 0 Å². The average molecular weight is 386 g/mol. The van der Waals surface area contributed by atoms with Crippen molar-refractivity contribution in [1.82, 2.24) is 14.8 Å². The first kappa shape index (κ1) is 18.5. The summed E-state index contributed by atoms with van der Waals surface area (Å²) in [6.07, 6.45) is 0. The molecule has 3 aromatic carbocycles. The fraction of sp³-hybridized carbons (Fsp3) is 0.167. The fourth-order valence-electron chi connectivity index (χ4n) is 3.09. The number of nitrogens with zero attached hydrogens (tertiary/aromatic N) is 3. The monoisotopic (exact) mass is 385 g/mol. The molecule has 0 saturated heterocycles. The minimum Gasteiger partial charge on any atom is -0.270 e. The standard InChI is InChI=1S/C24H23N3S/c1-17-7-11-20(12-8-17)16-28-24-26-25-23(21-6-4-5-19(3)15-21)27(24)22-13-9-18(2)10-14-22/h4-15H,16H2,1-3H3. The van der Waals surface area contributed by atoms with E-state index < -0.39 is 0 Å². The first-order chi connectivity index (χ1) is 13.6. The van der Waals surface area contributed by atoms with Gasteiger partial charge in [0.1, 0.15) is 0 Å². The zero-order valence-corrected chi connectivity index (χ0v) is 17.2. The van der Waals surface area contributed by atoms with Crippen LogP contribution in [0.5, 0.6) is 0 Å². The fourth-order valence-corrected chi connectivity index (χ4v) is 4.00. The van der Waals surface area contributed by atoms with Gasteiger partial charge in [-0.3, -0.25) is 4.57 Å². The molecule has 0 aliphatic heterocycles. The Morgan fingerprint density at radius 3 is 2.11 bits per heavy atom. The van der Waals surface area contributed by atoms with Gasteiger partial charge in [-0.1, -0.05) is 83.0 Å². The highest BCUT2D eigenvalue weighted by molar-refractivity contribution is 7.98. The van der Waals surface area contributed by atoms with Crippen LogP contribution in [0.25, 0.3) is 17.1 Å². The zero-order valence-electron chi connectivity index (χ0n) is 16.4. The Hall–Kier alpha value is -2.85. The topological polar surface area (TPSA) is 30.7 Å². The van der Waals surface area contributed by atoms with Gasteiger partial charge in [-0.15, -0.1) is 10.2 Å². The van der Waals surface area contributed by atoms with E-state index in [4.69, 9.17) is 0 Å². The van der Waals surface area contributed by atoms with E-state index >= 15 is 0 Å². The van der Waals surface area contributed by atoms with Crippen molar-refractivity contribution in [2.45, 2.75) is 31.7 Å². The van der Waals surface area contributed by atoms with E-state index in [0.717, 1.165) is 28.0 Å². The van der Waals surface area contributed by atoms with Crippen LogP contribution in [0, 0.1) is 20.8 Å². The smallest absolute Gasteiger partial charge is 0.196 e. The summed E-state index contributed by atoms with van der Waals surface area (Å²) in [7, 11) is 0. The lowest BCUT2D eigenvalue weighted by Crippen LogP contribution is -2.00. The third kappa shape index (κ3) is 4.02. The van der Waals surface area contributed by atoms with E-state index in [1.807, 2.05) is 0 Å². The van der Waals surface area contributed by atoms with Gasteiger partial charge in [-0.25, -0.2) is 0 Å². The summed E-state index contributed by atoms with van der Waals surface area (Å²) in [5.74, 6) is 1.73. The number of thioether (sulfide) groups is 1. The van der Waals surface area contributed by atoms with Gasteiger partial charge < -0.3 is 0 Å². The summed E-state index contributed by atoms with van der Waals surface area (Å²) >= 11 is 1.71. The highest BCUT2D eigenvalue weighted by Gasteiger charge is 2.16. The molecule has 1 aromatic heterocycles. The van der Waals surface area contributed by atoms with Gasteiger partial charge in [0.25, 0.3) is 0 Å². The molecule has 0 fully saturated rings.